The van der Waals surface area contributed by atoms with Crippen LogP contribution in [0.3, 0.4) is 0 Å². The lowest BCUT2D eigenvalue weighted by molar-refractivity contribution is -0.142. The molecule has 0 aliphatic rings. The molecule has 0 aromatic heterocycles. The van der Waals surface area contributed by atoms with Gasteiger partial charge in [-0.25, -0.2) is 13.1 Å². The van der Waals surface area contributed by atoms with E-state index in [1.54, 1.807) is 24.3 Å². The first-order valence-electron chi connectivity index (χ1n) is 9.66. The van der Waals surface area contributed by atoms with E-state index >= 15 is 0 Å². The fourth-order valence-corrected chi connectivity index (χ4v) is 3.66. The van der Waals surface area contributed by atoms with Crippen molar-refractivity contribution in [1.82, 2.24) is 4.72 Å². The molecule has 0 aliphatic heterocycles. The fourth-order valence-electron chi connectivity index (χ4n) is 2.63. The first-order chi connectivity index (χ1) is 13.8. The third-order valence-corrected chi connectivity index (χ3v) is 5.89. The summed E-state index contributed by atoms with van der Waals surface area (Å²) in [5.41, 5.74) is 2.60. The van der Waals surface area contributed by atoms with E-state index < -0.39 is 16.0 Å². The molecule has 0 radical (unpaired) electrons. The molecular formula is C22H27NO5S. The van der Waals surface area contributed by atoms with Crippen molar-refractivity contribution < 1.29 is 22.7 Å². The molecule has 0 spiro atoms. The highest BCUT2D eigenvalue weighted by Gasteiger charge is 2.15. The number of ketones is 1. The third kappa shape index (κ3) is 7.44. The van der Waals surface area contributed by atoms with E-state index in [0.29, 0.717) is 5.56 Å². The Kier molecular flexibility index (Phi) is 8.54. The Labute approximate surface area is 172 Å². The molecule has 6 nitrogen and oxygen atoms in total. The smallest absolute Gasteiger partial charge is 0.307 e. The van der Waals surface area contributed by atoms with E-state index in [0.717, 1.165) is 24.8 Å². The van der Waals surface area contributed by atoms with E-state index in [4.69, 9.17) is 4.74 Å². The molecule has 0 heterocycles. The van der Waals surface area contributed by atoms with Crippen molar-refractivity contribution in [1.29, 1.82) is 0 Å². The lowest BCUT2D eigenvalue weighted by Crippen LogP contribution is -2.27. The van der Waals surface area contributed by atoms with Crippen molar-refractivity contribution >= 4 is 21.8 Å². The number of hydrogen-bond donors (Lipinski definition) is 1. The molecule has 2 rings (SSSR count). The Hall–Kier alpha value is -2.51. The number of rotatable bonds is 11. The molecule has 0 saturated heterocycles. The van der Waals surface area contributed by atoms with Crippen LogP contribution in [0.5, 0.6) is 0 Å². The Morgan fingerprint density at radius 2 is 1.66 bits per heavy atom. The van der Waals surface area contributed by atoms with Gasteiger partial charge in [-0.3, -0.25) is 9.59 Å². The van der Waals surface area contributed by atoms with Crippen LogP contribution in [0.15, 0.2) is 53.4 Å². The quantitative estimate of drug-likeness (QED) is 0.447. The van der Waals surface area contributed by atoms with Crippen LogP contribution in [0.25, 0.3) is 0 Å². The van der Waals surface area contributed by atoms with Gasteiger partial charge in [0.2, 0.25) is 10.0 Å². The number of hydrogen-bond acceptors (Lipinski definition) is 5. The predicted molar refractivity (Wildman–Crippen MR) is 111 cm³/mol. The summed E-state index contributed by atoms with van der Waals surface area (Å²) >= 11 is 0. The Morgan fingerprint density at radius 3 is 2.28 bits per heavy atom. The van der Waals surface area contributed by atoms with E-state index in [1.165, 1.54) is 17.7 Å². The summed E-state index contributed by atoms with van der Waals surface area (Å²) in [4.78, 5) is 24.1. The molecule has 2 aromatic carbocycles. The topological polar surface area (TPSA) is 89.5 Å². The highest BCUT2D eigenvalue weighted by molar-refractivity contribution is 7.89. The van der Waals surface area contributed by atoms with Gasteiger partial charge in [0.15, 0.2) is 12.4 Å². The molecule has 0 aliphatic carbocycles. The van der Waals surface area contributed by atoms with Gasteiger partial charge in [0.1, 0.15) is 0 Å². The van der Waals surface area contributed by atoms with Crippen LogP contribution < -0.4 is 4.72 Å². The number of ether oxygens (including phenoxy) is 1. The molecule has 0 saturated carbocycles. The minimum Gasteiger partial charge on any atom is -0.457 e. The second-order valence-corrected chi connectivity index (χ2v) is 8.61. The number of nitrogens with one attached hydrogen (secondary N) is 1. The molecule has 0 bridgehead atoms. The lowest BCUT2D eigenvalue weighted by Gasteiger charge is -2.08. The van der Waals surface area contributed by atoms with Gasteiger partial charge in [-0.1, -0.05) is 55.3 Å². The van der Waals surface area contributed by atoms with E-state index in [1.807, 2.05) is 19.1 Å². The average molecular weight is 418 g/mol. The maximum atomic E-state index is 12.2. The summed E-state index contributed by atoms with van der Waals surface area (Å²) in [6.45, 7) is 3.52. The van der Waals surface area contributed by atoms with Crippen LogP contribution in [0.2, 0.25) is 0 Å². The number of carbonyl (C=O) groups is 2. The highest BCUT2D eigenvalue weighted by atomic mass is 32.2. The molecule has 0 fully saturated rings. The van der Waals surface area contributed by atoms with Gasteiger partial charge in [-0.15, -0.1) is 0 Å². The van der Waals surface area contributed by atoms with Crippen LogP contribution in [0, 0.1) is 6.92 Å². The Balaban J connectivity index is 1.75. The molecule has 156 valence electrons. The number of esters is 1. The monoisotopic (exact) mass is 417 g/mol. The van der Waals surface area contributed by atoms with Crippen LogP contribution >= 0.6 is 0 Å². The van der Waals surface area contributed by atoms with Crippen molar-refractivity contribution in [3.63, 3.8) is 0 Å². The van der Waals surface area contributed by atoms with Crippen LogP contribution in [-0.2, 0) is 26.0 Å². The van der Waals surface area contributed by atoms with Crippen LogP contribution in [0.1, 0.15) is 47.7 Å². The number of carbonyl (C=O) groups excluding carboxylic acids is 2. The molecule has 0 amide bonds. The van der Waals surface area contributed by atoms with Gasteiger partial charge in [-0.2, -0.15) is 0 Å². The average Bonchev–Trinajstić information content (AvgIpc) is 2.71. The summed E-state index contributed by atoms with van der Waals surface area (Å²) < 4.78 is 31.6. The fraction of sp³-hybridized carbons (Fsp3) is 0.364. The molecular weight excluding hydrogens is 390 g/mol. The Bertz CT molecular complexity index is 919. The molecule has 7 heteroatoms. The van der Waals surface area contributed by atoms with Crippen LogP contribution in [0.4, 0.5) is 0 Å². The lowest BCUT2D eigenvalue weighted by atomic mass is 10.0. The van der Waals surface area contributed by atoms with Crippen LogP contribution in [-0.4, -0.2) is 33.3 Å². The first kappa shape index (κ1) is 22.8. The number of aryl methyl sites for hydroxylation is 2. The van der Waals surface area contributed by atoms with Gasteiger partial charge < -0.3 is 4.74 Å². The Morgan fingerprint density at radius 1 is 1.00 bits per heavy atom. The third-order valence-electron chi connectivity index (χ3n) is 4.41. The highest BCUT2D eigenvalue weighted by Crippen LogP contribution is 2.10. The van der Waals surface area contributed by atoms with Crippen molar-refractivity contribution in [2.24, 2.45) is 0 Å². The number of benzene rings is 2. The SMILES string of the molecule is CCCCc1ccc(C(=O)COC(=O)CCNS(=O)(=O)c2ccc(C)cc2)cc1. The van der Waals surface area contributed by atoms with E-state index in [-0.39, 0.29) is 30.3 Å². The maximum Gasteiger partial charge on any atom is 0.307 e. The molecule has 2 aromatic rings. The van der Waals surface area contributed by atoms with Gasteiger partial charge in [0, 0.05) is 12.1 Å². The summed E-state index contributed by atoms with van der Waals surface area (Å²) in [6, 6.07) is 13.7. The maximum absolute atomic E-state index is 12.2. The number of unbranched alkanes of at least 4 members (excludes halogenated alkanes) is 1. The van der Waals surface area contributed by atoms with E-state index in [2.05, 4.69) is 11.6 Å². The van der Waals surface area contributed by atoms with E-state index in [9.17, 15) is 18.0 Å². The van der Waals surface area contributed by atoms with Gasteiger partial charge in [0.25, 0.3) is 0 Å². The minimum atomic E-state index is -3.68. The van der Waals surface area contributed by atoms with Crippen molar-refractivity contribution in [3.8, 4) is 0 Å². The van der Waals surface area contributed by atoms with Crippen molar-refractivity contribution in [3.05, 3.63) is 65.2 Å². The molecule has 1 N–H and O–H groups in total. The normalized spacial score (nSPS) is 11.2. The second-order valence-electron chi connectivity index (χ2n) is 6.85. The molecule has 0 unspecified atom stereocenters. The number of Topliss-reactive ketones (excluding diaryl/α,β-unsaturated/α-hetero) is 1. The predicted octanol–water partition coefficient (Wildman–Crippen LogP) is 3.43. The summed E-state index contributed by atoms with van der Waals surface area (Å²) in [5.74, 6) is -0.926. The van der Waals surface area contributed by atoms with Crippen molar-refractivity contribution in [2.45, 2.75) is 44.4 Å². The summed E-state index contributed by atoms with van der Waals surface area (Å²) in [7, 11) is -3.68. The zero-order valence-corrected chi connectivity index (χ0v) is 17.6. The molecule has 0 atom stereocenters. The zero-order valence-electron chi connectivity index (χ0n) is 16.8. The van der Waals surface area contributed by atoms with Gasteiger partial charge in [0.05, 0.1) is 11.3 Å². The minimum absolute atomic E-state index is 0.102. The second kappa shape index (κ2) is 10.9. The van der Waals surface area contributed by atoms with Crippen molar-refractivity contribution in [2.75, 3.05) is 13.2 Å². The summed E-state index contributed by atoms with van der Waals surface area (Å²) in [5, 5.41) is 0. The summed E-state index contributed by atoms with van der Waals surface area (Å²) in [6.07, 6.45) is 3.02. The van der Waals surface area contributed by atoms with Gasteiger partial charge in [-0.05, 0) is 37.5 Å². The zero-order chi connectivity index (χ0) is 21.3. The standard InChI is InChI=1S/C22H27NO5S/c1-3-4-5-18-8-10-19(11-9-18)21(24)16-28-22(25)14-15-23-29(26,27)20-12-6-17(2)7-13-20/h6-13,23H,3-5,14-16H2,1-2H3. The number of sulfonamides is 1. The first-order valence-corrected chi connectivity index (χ1v) is 11.1. The largest absolute Gasteiger partial charge is 0.457 e. The van der Waals surface area contributed by atoms with Gasteiger partial charge >= 0.3 is 5.97 Å². The molecule has 29 heavy (non-hydrogen) atoms.